The number of nitro benzene ring substituents is 1. The zero-order valence-electron chi connectivity index (χ0n) is 12.0. The molecule has 21 heavy (non-hydrogen) atoms. The predicted octanol–water partition coefficient (Wildman–Crippen LogP) is 3.69. The van der Waals surface area contributed by atoms with E-state index < -0.39 is 4.92 Å². The van der Waals surface area contributed by atoms with E-state index in [0.717, 1.165) is 16.7 Å². The Balaban J connectivity index is 0.00000220. The van der Waals surface area contributed by atoms with Crippen molar-refractivity contribution in [1.29, 1.82) is 0 Å². The number of anilines is 1. The van der Waals surface area contributed by atoms with Crippen LogP contribution >= 0.6 is 0 Å². The van der Waals surface area contributed by atoms with E-state index in [-0.39, 0.29) is 26.1 Å². The SMILES string of the molecule is CC(C)c1[c-]c(Cc2cc(N)cc([N+](=O)[O-])c2)ccc1.[Re]. The summed E-state index contributed by atoms with van der Waals surface area (Å²) in [5.41, 5.74) is 9.13. The second-order valence-corrected chi connectivity index (χ2v) is 5.15. The van der Waals surface area contributed by atoms with Crippen molar-refractivity contribution >= 4 is 11.4 Å². The minimum atomic E-state index is -0.423. The van der Waals surface area contributed by atoms with Gasteiger partial charge in [-0.1, -0.05) is 13.8 Å². The van der Waals surface area contributed by atoms with Crippen molar-refractivity contribution in [2.24, 2.45) is 0 Å². The van der Waals surface area contributed by atoms with Crippen LogP contribution in [0.3, 0.4) is 0 Å². The monoisotopic (exact) mass is 456 g/mol. The Hall–Kier alpha value is -1.70. The molecule has 2 rings (SSSR count). The fourth-order valence-electron chi connectivity index (χ4n) is 2.10. The third-order valence-corrected chi connectivity index (χ3v) is 3.11. The minimum absolute atomic E-state index is 0. The van der Waals surface area contributed by atoms with Gasteiger partial charge in [-0.15, -0.1) is 0 Å². The molecule has 0 spiro atoms. The molecule has 0 aliphatic heterocycles. The Morgan fingerprint density at radius 2 is 2.00 bits per heavy atom. The van der Waals surface area contributed by atoms with E-state index in [1.807, 2.05) is 18.2 Å². The first-order valence-corrected chi connectivity index (χ1v) is 6.50. The molecular formula is C16H17N2O2Re-. The standard InChI is InChI=1S/C16H17N2O2.Re/c1-11(2)14-5-3-4-12(7-14)6-13-8-15(17)10-16(9-13)18(19)20;/h3-5,8-11H,6,17H2,1-2H3;/q-1;. The van der Waals surface area contributed by atoms with Gasteiger partial charge in [0.15, 0.2) is 0 Å². The molecule has 2 aromatic carbocycles. The van der Waals surface area contributed by atoms with Gasteiger partial charge in [0.2, 0.25) is 0 Å². The molecule has 0 fully saturated rings. The molecule has 0 saturated heterocycles. The summed E-state index contributed by atoms with van der Waals surface area (Å²) in [4.78, 5) is 10.4. The van der Waals surface area contributed by atoms with Crippen molar-refractivity contribution in [3.8, 4) is 0 Å². The fourth-order valence-corrected chi connectivity index (χ4v) is 2.10. The number of non-ortho nitro benzene ring substituents is 1. The first-order chi connectivity index (χ1) is 9.45. The topological polar surface area (TPSA) is 69.2 Å². The van der Waals surface area contributed by atoms with Crippen molar-refractivity contribution in [1.82, 2.24) is 0 Å². The summed E-state index contributed by atoms with van der Waals surface area (Å²) in [6.45, 7) is 4.22. The van der Waals surface area contributed by atoms with Gasteiger partial charge < -0.3 is 5.73 Å². The van der Waals surface area contributed by atoms with Crippen LogP contribution in [0.2, 0.25) is 0 Å². The van der Waals surface area contributed by atoms with E-state index in [1.165, 1.54) is 6.07 Å². The van der Waals surface area contributed by atoms with Gasteiger partial charge in [0.25, 0.3) is 5.69 Å². The van der Waals surface area contributed by atoms with E-state index in [4.69, 9.17) is 5.73 Å². The molecule has 0 amide bonds. The van der Waals surface area contributed by atoms with E-state index in [2.05, 4.69) is 19.9 Å². The maximum atomic E-state index is 10.8. The molecule has 4 nitrogen and oxygen atoms in total. The number of hydrogen-bond acceptors (Lipinski definition) is 3. The number of nitrogens with two attached hydrogens (primary N) is 1. The molecule has 0 atom stereocenters. The molecule has 0 bridgehead atoms. The van der Waals surface area contributed by atoms with Crippen LogP contribution in [0.1, 0.15) is 36.5 Å². The number of nitrogens with zero attached hydrogens (tertiary/aromatic N) is 1. The van der Waals surface area contributed by atoms with Gasteiger partial charge >= 0.3 is 0 Å². The Morgan fingerprint density at radius 3 is 2.62 bits per heavy atom. The molecule has 0 heterocycles. The van der Waals surface area contributed by atoms with Gasteiger partial charge in [-0.05, 0) is 24.0 Å². The molecule has 0 aliphatic carbocycles. The molecular weight excluding hydrogens is 438 g/mol. The Bertz CT molecular complexity index is 642. The van der Waals surface area contributed by atoms with Gasteiger partial charge in [-0.2, -0.15) is 35.4 Å². The van der Waals surface area contributed by atoms with Gasteiger partial charge in [0.1, 0.15) is 0 Å². The average Bonchev–Trinajstić information content (AvgIpc) is 2.38. The van der Waals surface area contributed by atoms with E-state index in [0.29, 0.717) is 18.0 Å². The van der Waals surface area contributed by atoms with Crippen molar-refractivity contribution < 1.29 is 25.3 Å². The van der Waals surface area contributed by atoms with Gasteiger partial charge in [0, 0.05) is 38.2 Å². The Morgan fingerprint density at radius 1 is 1.29 bits per heavy atom. The summed E-state index contributed by atoms with van der Waals surface area (Å²) < 4.78 is 0. The molecule has 5 heteroatoms. The van der Waals surface area contributed by atoms with Crippen LogP contribution in [0.5, 0.6) is 0 Å². The fraction of sp³-hybridized carbons (Fsp3) is 0.250. The Kier molecular flexibility index (Phi) is 6.07. The number of nitro groups is 1. The molecule has 2 aromatic rings. The average molecular weight is 456 g/mol. The predicted molar refractivity (Wildman–Crippen MR) is 79.7 cm³/mol. The number of benzene rings is 2. The van der Waals surface area contributed by atoms with Crippen molar-refractivity contribution in [3.05, 3.63) is 69.3 Å². The van der Waals surface area contributed by atoms with E-state index >= 15 is 0 Å². The molecule has 0 saturated carbocycles. The van der Waals surface area contributed by atoms with Gasteiger partial charge in [-0.3, -0.25) is 10.1 Å². The number of rotatable bonds is 4. The Labute approximate surface area is 138 Å². The summed E-state index contributed by atoms with van der Waals surface area (Å²) in [5.74, 6) is 0.408. The molecule has 0 aromatic heterocycles. The van der Waals surface area contributed by atoms with Crippen LogP contribution in [-0.2, 0) is 26.8 Å². The molecule has 1 radical (unpaired) electrons. The van der Waals surface area contributed by atoms with Crippen LogP contribution < -0.4 is 5.73 Å². The van der Waals surface area contributed by atoms with Gasteiger partial charge in [0.05, 0.1) is 4.92 Å². The van der Waals surface area contributed by atoms with Gasteiger partial charge in [-0.25, -0.2) is 0 Å². The van der Waals surface area contributed by atoms with E-state index in [1.54, 1.807) is 12.1 Å². The van der Waals surface area contributed by atoms with Crippen molar-refractivity contribution in [2.75, 3.05) is 5.73 Å². The van der Waals surface area contributed by atoms with Crippen LogP contribution in [0.4, 0.5) is 11.4 Å². The first-order valence-electron chi connectivity index (χ1n) is 6.50. The summed E-state index contributed by atoms with van der Waals surface area (Å²) in [5, 5.41) is 10.8. The maximum absolute atomic E-state index is 10.8. The number of hydrogen-bond donors (Lipinski definition) is 1. The minimum Gasteiger partial charge on any atom is -0.399 e. The second kappa shape index (κ2) is 7.35. The normalized spacial score (nSPS) is 10.2. The zero-order valence-corrected chi connectivity index (χ0v) is 14.7. The zero-order chi connectivity index (χ0) is 14.7. The maximum Gasteiger partial charge on any atom is 0.271 e. The van der Waals surface area contributed by atoms with Crippen molar-refractivity contribution in [3.63, 3.8) is 0 Å². The molecule has 111 valence electrons. The van der Waals surface area contributed by atoms with Crippen LogP contribution in [-0.4, -0.2) is 4.92 Å². The smallest absolute Gasteiger partial charge is 0.271 e. The quantitative estimate of drug-likeness (QED) is 0.331. The molecule has 0 unspecified atom stereocenters. The first kappa shape index (κ1) is 17.4. The molecule has 2 N–H and O–H groups in total. The second-order valence-electron chi connectivity index (χ2n) is 5.15. The summed E-state index contributed by atoms with van der Waals surface area (Å²) in [6.07, 6.45) is 0.590. The van der Waals surface area contributed by atoms with E-state index in [9.17, 15) is 10.1 Å². The molecule has 0 aliphatic rings. The summed E-state index contributed by atoms with van der Waals surface area (Å²) in [7, 11) is 0. The van der Waals surface area contributed by atoms with Crippen LogP contribution in [0.15, 0.2) is 36.4 Å². The third kappa shape index (κ3) is 4.66. The van der Waals surface area contributed by atoms with Crippen molar-refractivity contribution in [2.45, 2.75) is 26.2 Å². The third-order valence-electron chi connectivity index (χ3n) is 3.11. The summed E-state index contributed by atoms with van der Waals surface area (Å²) >= 11 is 0. The largest absolute Gasteiger partial charge is 0.399 e. The summed E-state index contributed by atoms with van der Waals surface area (Å²) in [6, 6.07) is 14.0. The number of nitrogen functional groups attached to an aromatic ring is 1. The van der Waals surface area contributed by atoms with Crippen LogP contribution in [0.25, 0.3) is 0 Å². The van der Waals surface area contributed by atoms with Crippen LogP contribution in [0, 0.1) is 16.2 Å².